The van der Waals surface area contributed by atoms with Crippen LogP contribution in [0, 0.1) is 0 Å². The van der Waals surface area contributed by atoms with Gasteiger partial charge in [-0.25, -0.2) is 0 Å². The molecular formula is C23H23N3O2. The Morgan fingerprint density at radius 2 is 1.75 bits per heavy atom. The van der Waals surface area contributed by atoms with E-state index in [9.17, 15) is 4.79 Å². The second kappa shape index (κ2) is 7.72. The highest BCUT2D eigenvalue weighted by atomic mass is 16.5. The lowest BCUT2D eigenvalue weighted by Gasteiger charge is -2.37. The fourth-order valence-electron chi connectivity index (χ4n) is 3.61. The summed E-state index contributed by atoms with van der Waals surface area (Å²) in [4.78, 5) is 21.4. The molecule has 0 N–H and O–H groups in total. The lowest BCUT2D eigenvalue weighted by atomic mass is 10.1. The summed E-state index contributed by atoms with van der Waals surface area (Å²) in [7, 11) is 1.59. The average Bonchev–Trinajstić information content (AvgIpc) is 2.77. The molecule has 1 aliphatic heterocycles. The highest BCUT2D eigenvalue weighted by Gasteiger charge is 2.25. The number of amides is 1. The summed E-state index contributed by atoms with van der Waals surface area (Å²) in [5.41, 5.74) is 3.66. The zero-order valence-corrected chi connectivity index (χ0v) is 16.0. The van der Waals surface area contributed by atoms with E-state index in [4.69, 9.17) is 4.74 Å². The van der Waals surface area contributed by atoms with Crippen molar-refractivity contribution in [1.82, 2.24) is 14.8 Å². The number of methoxy groups -OCH3 is 1. The van der Waals surface area contributed by atoms with E-state index >= 15 is 0 Å². The fourth-order valence-corrected chi connectivity index (χ4v) is 3.61. The number of carbonyl (C=O) groups is 1. The Morgan fingerprint density at radius 3 is 2.54 bits per heavy atom. The third-order valence-electron chi connectivity index (χ3n) is 5.22. The number of carbonyl (C=O) groups excluding carboxylic acids is 1. The van der Waals surface area contributed by atoms with Gasteiger partial charge in [0.25, 0.3) is 5.91 Å². The van der Waals surface area contributed by atoms with Crippen molar-refractivity contribution in [2.45, 2.75) is 0 Å². The Balaban J connectivity index is 1.44. The molecule has 0 unspecified atom stereocenters. The number of ether oxygens (including phenoxy) is 1. The second-order valence-electron chi connectivity index (χ2n) is 6.84. The van der Waals surface area contributed by atoms with Crippen molar-refractivity contribution in [3.63, 3.8) is 0 Å². The number of rotatable bonds is 4. The van der Waals surface area contributed by atoms with Crippen LogP contribution in [0.4, 0.5) is 0 Å². The van der Waals surface area contributed by atoms with Gasteiger partial charge in [0, 0.05) is 43.5 Å². The van der Waals surface area contributed by atoms with Crippen LogP contribution >= 0.6 is 0 Å². The maximum atomic E-state index is 12.9. The van der Waals surface area contributed by atoms with E-state index in [0.29, 0.717) is 24.4 Å². The Kier molecular flexibility index (Phi) is 4.98. The van der Waals surface area contributed by atoms with E-state index in [1.165, 1.54) is 0 Å². The van der Waals surface area contributed by atoms with Crippen LogP contribution in [-0.4, -0.2) is 54.0 Å². The van der Waals surface area contributed by atoms with Crippen LogP contribution in [0.15, 0.2) is 67.4 Å². The summed E-state index contributed by atoms with van der Waals surface area (Å²) in [6, 6.07) is 17.6. The Labute approximate surface area is 164 Å². The van der Waals surface area contributed by atoms with Crippen molar-refractivity contribution in [2.75, 3.05) is 33.3 Å². The molecule has 0 aliphatic carbocycles. The van der Waals surface area contributed by atoms with Gasteiger partial charge in [0.15, 0.2) is 0 Å². The van der Waals surface area contributed by atoms with Gasteiger partial charge in [-0.15, -0.1) is 0 Å². The number of aromatic nitrogens is 1. The number of nitrogens with zero attached hydrogens (tertiary/aromatic N) is 3. The van der Waals surface area contributed by atoms with Crippen LogP contribution in [0.3, 0.4) is 0 Å². The minimum Gasteiger partial charge on any atom is -0.496 e. The summed E-state index contributed by atoms with van der Waals surface area (Å²) in [6.45, 7) is 7.12. The molecule has 5 heteroatoms. The Morgan fingerprint density at radius 1 is 1.00 bits per heavy atom. The molecule has 4 rings (SSSR count). The van der Waals surface area contributed by atoms with Crippen LogP contribution in [0.25, 0.3) is 16.6 Å². The summed E-state index contributed by atoms with van der Waals surface area (Å²) in [5.74, 6) is 0.628. The standard InChI is InChI=1S/C23H23N3O2/c1-17(18-9-10-21-19(16-18)6-5-11-24-21)25-12-14-26(15-13-25)23(27)20-7-3-4-8-22(20)28-2/h3-11,16H,1,12-15H2,2H3. The van der Waals surface area contributed by atoms with Gasteiger partial charge < -0.3 is 14.5 Å². The molecule has 5 nitrogen and oxygen atoms in total. The molecule has 0 spiro atoms. The van der Waals surface area contributed by atoms with Gasteiger partial charge in [0.05, 0.1) is 18.2 Å². The lowest BCUT2D eigenvalue weighted by molar-refractivity contribution is 0.0683. The summed E-state index contributed by atoms with van der Waals surface area (Å²) in [5, 5.41) is 1.10. The maximum Gasteiger partial charge on any atom is 0.257 e. The van der Waals surface area contributed by atoms with Gasteiger partial charge in [-0.05, 0) is 35.9 Å². The molecule has 28 heavy (non-hydrogen) atoms. The normalized spacial score (nSPS) is 14.2. The number of para-hydroxylation sites is 1. The molecule has 1 aliphatic rings. The molecule has 3 aromatic rings. The summed E-state index contributed by atoms with van der Waals surface area (Å²) < 4.78 is 5.33. The number of pyridine rings is 1. The summed E-state index contributed by atoms with van der Waals surface area (Å²) in [6.07, 6.45) is 1.80. The lowest BCUT2D eigenvalue weighted by Crippen LogP contribution is -2.47. The Hall–Kier alpha value is -3.34. The third kappa shape index (κ3) is 3.43. The zero-order valence-electron chi connectivity index (χ0n) is 16.0. The molecule has 1 fully saturated rings. The predicted octanol–water partition coefficient (Wildman–Crippen LogP) is 3.67. The van der Waals surface area contributed by atoms with Crippen molar-refractivity contribution < 1.29 is 9.53 Å². The monoisotopic (exact) mass is 373 g/mol. The zero-order chi connectivity index (χ0) is 19.5. The highest BCUT2D eigenvalue weighted by Crippen LogP contribution is 2.24. The van der Waals surface area contributed by atoms with Crippen LogP contribution in [0.2, 0.25) is 0 Å². The first-order valence-electron chi connectivity index (χ1n) is 9.38. The smallest absolute Gasteiger partial charge is 0.257 e. The molecule has 1 amide bonds. The molecule has 0 saturated carbocycles. The van der Waals surface area contributed by atoms with E-state index in [2.05, 4.69) is 34.7 Å². The van der Waals surface area contributed by atoms with Crippen LogP contribution in [-0.2, 0) is 0 Å². The van der Waals surface area contributed by atoms with Crippen molar-refractivity contribution in [1.29, 1.82) is 0 Å². The first-order chi connectivity index (χ1) is 13.7. The minimum absolute atomic E-state index is 0.0134. The van der Waals surface area contributed by atoms with Crippen LogP contribution < -0.4 is 4.74 Å². The molecule has 1 saturated heterocycles. The molecule has 0 bridgehead atoms. The maximum absolute atomic E-state index is 12.9. The van der Waals surface area contributed by atoms with Crippen molar-refractivity contribution >= 4 is 22.5 Å². The minimum atomic E-state index is 0.0134. The number of benzene rings is 2. The first-order valence-corrected chi connectivity index (χ1v) is 9.38. The van der Waals surface area contributed by atoms with Crippen LogP contribution in [0.1, 0.15) is 15.9 Å². The molecular weight excluding hydrogens is 350 g/mol. The van der Waals surface area contributed by atoms with Gasteiger partial charge in [0.1, 0.15) is 5.75 Å². The largest absolute Gasteiger partial charge is 0.496 e. The van der Waals surface area contributed by atoms with Crippen molar-refractivity contribution in [2.24, 2.45) is 0 Å². The SMILES string of the molecule is C=C(c1ccc2ncccc2c1)N1CCN(C(=O)c2ccccc2OC)CC1. The molecule has 2 heterocycles. The number of hydrogen-bond donors (Lipinski definition) is 0. The van der Waals surface area contributed by atoms with Gasteiger partial charge in [-0.2, -0.15) is 0 Å². The molecule has 1 aromatic heterocycles. The average molecular weight is 373 g/mol. The van der Waals surface area contributed by atoms with E-state index in [1.807, 2.05) is 41.3 Å². The van der Waals surface area contributed by atoms with Gasteiger partial charge in [0.2, 0.25) is 0 Å². The number of hydrogen-bond acceptors (Lipinski definition) is 4. The highest BCUT2D eigenvalue weighted by molar-refractivity contribution is 5.97. The molecule has 142 valence electrons. The first kappa shape index (κ1) is 18.0. The molecule has 0 atom stereocenters. The predicted molar refractivity (Wildman–Crippen MR) is 111 cm³/mol. The van der Waals surface area contributed by atoms with E-state index in [0.717, 1.165) is 35.3 Å². The van der Waals surface area contributed by atoms with Gasteiger partial charge in [-0.3, -0.25) is 9.78 Å². The van der Waals surface area contributed by atoms with E-state index < -0.39 is 0 Å². The van der Waals surface area contributed by atoms with Crippen molar-refractivity contribution in [3.8, 4) is 5.75 Å². The number of fused-ring (bicyclic) bond motifs is 1. The topological polar surface area (TPSA) is 45.7 Å². The van der Waals surface area contributed by atoms with E-state index in [-0.39, 0.29) is 5.91 Å². The molecule has 2 aromatic carbocycles. The third-order valence-corrected chi connectivity index (χ3v) is 5.22. The Bertz CT molecular complexity index is 1020. The number of piperazine rings is 1. The summed E-state index contributed by atoms with van der Waals surface area (Å²) >= 11 is 0. The molecule has 0 radical (unpaired) electrons. The quantitative estimate of drug-likeness (QED) is 0.700. The second-order valence-corrected chi connectivity index (χ2v) is 6.84. The van der Waals surface area contributed by atoms with E-state index in [1.54, 1.807) is 13.3 Å². The van der Waals surface area contributed by atoms with Gasteiger partial charge in [-0.1, -0.05) is 30.8 Å². The fraction of sp³-hybridized carbons (Fsp3) is 0.217. The van der Waals surface area contributed by atoms with Gasteiger partial charge >= 0.3 is 0 Å². The van der Waals surface area contributed by atoms with Crippen LogP contribution in [0.5, 0.6) is 5.75 Å². The van der Waals surface area contributed by atoms with Crippen molar-refractivity contribution in [3.05, 3.63) is 78.5 Å².